The van der Waals surface area contributed by atoms with Crippen molar-refractivity contribution in [2.24, 2.45) is 5.41 Å². The third-order valence-electron chi connectivity index (χ3n) is 4.67. The number of thioether (sulfide) groups is 2. The molecule has 6 nitrogen and oxygen atoms in total. The number of alkyl carbamates (subject to hydrolysis) is 1. The summed E-state index contributed by atoms with van der Waals surface area (Å²) in [5, 5.41) is 5.84. The van der Waals surface area contributed by atoms with Gasteiger partial charge in [0.2, 0.25) is 5.91 Å². The fourth-order valence-electron chi connectivity index (χ4n) is 2.98. The van der Waals surface area contributed by atoms with Crippen LogP contribution in [-0.4, -0.2) is 47.7 Å². The lowest BCUT2D eigenvalue weighted by Crippen LogP contribution is -2.35. The highest BCUT2D eigenvalue weighted by Crippen LogP contribution is 2.49. The normalized spacial score (nSPS) is 14.9. The maximum absolute atomic E-state index is 12.5. The number of carbonyl (C=O) groups is 2. The molecule has 0 aromatic carbocycles. The van der Waals surface area contributed by atoms with Gasteiger partial charge in [0.1, 0.15) is 5.60 Å². The number of amides is 2. The Bertz CT molecular complexity index is 688. The van der Waals surface area contributed by atoms with Crippen molar-refractivity contribution in [2.45, 2.75) is 62.7 Å². The third kappa shape index (κ3) is 8.46. The summed E-state index contributed by atoms with van der Waals surface area (Å²) < 4.78 is 5.22. The van der Waals surface area contributed by atoms with Crippen LogP contribution in [0.15, 0.2) is 23.2 Å². The molecule has 0 atom stereocenters. The van der Waals surface area contributed by atoms with Crippen LogP contribution in [0.1, 0.15) is 52.1 Å². The Balaban J connectivity index is 1.59. The maximum atomic E-state index is 12.5. The summed E-state index contributed by atoms with van der Waals surface area (Å²) in [6.07, 6.45) is 6.93. The lowest BCUT2D eigenvalue weighted by Gasteiger charge is -2.20. The number of pyridine rings is 1. The van der Waals surface area contributed by atoms with E-state index in [0.717, 1.165) is 42.9 Å². The van der Waals surface area contributed by atoms with Crippen LogP contribution in [0.5, 0.6) is 0 Å². The van der Waals surface area contributed by atoms with Gasteiger partial charge in [-0.1, -0.05) is 0 Å². The molecule has 2 rings (SSSR count). The molecule has 0 aliphatic heterocycles. The highest BCUT2D eigenvalue weighted by molar-refractivity contribution is 7.99. The number of hydrogen-bond acceptors (Lipinski definition) is 6. The van der Waals surface area contributed by atoms with Gasteiger partial charge in [-0.15, -0.1) is 11.8 Å². The third-order valence-corrected chi connectivity index (χ3v) is 6.46. The fourth-order valence-corrected chi connectivity index (χ4v) is 4.46. The predicted molar refractivity (Wildman–Crippen MR) is 120 cm³/mol. The minimum Gasteiger partial charge on any atom is -0.444 e. The van der Waals surface area contributed by atoms with Crippen molar-refractivity contribution in [1.29, 1.82) is 0 Å². The number of ether oxygens (including phenoxy) is 1. The molecule has 8 heteroatoms. The number of hydrogen-bond donors (Lipinski definition) is 2. The monoisotopic (exact) mass is 439 g/mol. The largest absolute Gasteiger partial charge is 0.444 e. The van der Waals surface area contributed by atoms with Crippen molar-refractivity contribution in [2.75, 3.05) is 25.1 Å². The van der Waals surface area contributed by atoms with Gasteiger partial charge in [0.15, 0.2) is 0 Å². The number of rotatable bonds is 11. The van der Waals surface area contributed by atoms with Crippen LogP contribution < -0.4 is 10.6 Å². The van der Waals surface area contributed by atoms with Gasteiger partial charge in [-0.2, -0.15) is 11.8 Å². The van der Waals surface area contributed by atoms with Crippen LogP contribution in [0.25, 0.3) is 0 Å². The van der Waals surface area contributed by atoms with Crippen molar-refractivity contribution >= 4 is 35.5 Å². The average Bonchev–Trinajstić information content (AvgIpc) is 3.45. The molecule has 162 valence electrons. The van der Waals surface area contributed by atoms with E-state index in [-0.39, 0.29) is 11.3 Å². The molecule has 0 radical (unpaired) electrons. The zero-order chi connectivity index (χ0) is 21.3. The molecule has 0 unspecified atom stereocenters. The van der Waals surface area contributed by atoms with Crippen molar-refractivity contribution in [1.82, 2.24) is 15.6 Å². The van der Waals surface area contributed by atoms with Gasteiger partial charge >= 0.3 is 6.09 Å². The number of nitrogens with one attached hydrogen (secondary N) is 2. The van der Waals surface area contributed by atoms with E-state index in [1.807, 2.05) is 33.0 Å². The van der Waals surface area contributed by atoms with E-state index in [2.05, 4.69) is 27.9 Å². The minimum absolute atomic E-state index is 0.151. The number of nitrogens with zero attached hydrogens (tertiary/aromatic N) is 1. The molecule has 29 heavy (non-hydrogen) atoms. The summed E-state index contributed by atoms with van der Waals surface area (Å²) >= 11 is 3.50. The molecule has 1 aromatic rings. The van der Waals surface area contributed by atoms with Gasteiger partial charge in [0, 0.05) is 41.1 Å². The van der Waals surface area contributed by atoms with Gasteiger partial charge < -0.3 is 15.4 Å². The Morgan fingerprint density at radius 1 is 1.24 bits per heavy atom. The quantitative estimate of drug-likeness (QED) is 0.397. The van der Waals surface area contributed by atoms with Crippen molar-refractivity contribution < 1.29 is 14.3 Å². The molecule has 0 spiro atoms. The summed E-state index contributed by atoms with van der Waals surface area (Å²) in [6.45, 7) is 6.72. The van der Waals surface area contributed by atoms with Gasteiger partial charge in [-0.25, -0.2) is 4.79 Å². The predicted octanol–water partition coefficient (Wildman–Crippen LogP) is 4.24. The van der Waals surface area contributed by atoms with E-state index in [1.54, 1.807) is 23.5 Å². The van der Waals surface area contributed by atoms with Crippen molar-refractivity contribution in [3.63, 3.8) is 0 Å². The van der Waals surface area contributed by atoms with E-state index in [0.29, 0.717) is 13.1 Å². The zero-order valence-electron chi connectivity index (χ0n) is 17.9. The molecule has 2 amide bonds. The van der Waals surface area contributed by atoms with E-state index >= 15 is 0 Å². The maximum Gasteiger partial charge on any atom is 0.407 e. The van der Waals surface area contributed by atoms with Crippen molar-refractivity contribution in [3.8, 4) is 0 Å². The highest BCUT2D eigenvalue weighted by Gasteiger charge is 2.48. The molecule has 2 N–H and O–H groups in total. The van der Waals surface area contributed by atoms with Gasteiger partial charge in [0.25, 0.3) is 0 Å². The van der Waals surface area contributed by atoms with Crippen LogP contribution in [0, 0.1) is 5.41 Å². The number of aromatic nitrogens is 1. The Morgan fingerprint density at radius 3 is 2.66 bits per heavy atom. The Hall–Kier alpha value is -1.41. The first kappa shape index (κ1) is 23.9. The molecule has 0 bridgehead atoms. The Morgan fingerprint density at radius 2 is 2.00 bits per heavy atom. The van der Waals surface area contributed by atoms with Crippen LogP contribution in [0.4, 0.5) is 4.79 Å². The van der Waals surface area contributed by atoms with Crippen LogP contribution >= 0.6 is 23.5 Å². The lowest BCUT2D eigenvalue weighted by molar-refractivity contribution is -0.126. The molecule has 1 fully saturated rings. The minimum atomic E-state index is -0.493. The Labute approximate surface area is 182 Å². The first-order valence-electron chi connectivity index (χ1n) is 10.1. The van der Waals surface area contributed by atoms with Crippen LogP contribution in [0.2, 0.25) is 0 Å². The SMILES string of the molecule is CSc1cccnc1CSCCNC(=O)C1(CCCNC(=O)OC(C)(C)C)CC1. The molecule has 0 saturated heterocycles. The molecule has 1 aliphatic carbocycles. The summed E-state index contributed by atoms with van der Waals surface area (Å²) in [5.74, 6) is 1.87. The van der Waals surface area contributed by atoms with E-state index < -0.39 is 11.7 Å². The molecular formula is C21H33N3O3S2. The smallest absolute Gasteiger partial charge is 0.407 e. The molecule has 1 aromatic heterocycles. The first-order valence-corrected chi connectivity index (χ1v) is 12.4. The summed E-state index contributed by atoms with van der Waals surface area (Å²) in [6, 6.07) is 4.04. The molecular weight excluding hydrogens is 406 g/mol. The first-order chi connectivity index (χ1) is 13.8. The second-order valence-electron chi connectivity index (χ2n) is 8.27. The van der Waals surface area contributed by atoms with Crippen molar-refractivity contribution in [3.05, 3.63) is 24.0 Å². The second-order valence-corrected chi connectivity index (χ2v) is 10.2. The summed E-state index contributed by atoms with van der Waals surface area (Å²) in [5.41, 5.74) is 0.382. The summed E-state index contributed by atoms with van der Waals surface area (Å²) in [4.78, 5) is 29.8. The van der Waals surface area contributed by atoms with Crippen LogP contribution in [0.3, 0.4) is 0 Å². The topological polar surface area (TPSA) is 80.3 Å². The van der Waals surface area contributed by atoms with Gasteiger partial charge in [0.05, 0.1) is 5.69 Å². The second kappa shape index (κ2) is 11.1. The van der Waals surface area contributed by atoms with Gasteiger partial charge in [-0.05, 0) is 64.8 Å². The Kier molecular flexibility index (Phi) is 9.14. The molecule has 1 saturated carbocycles. The van der Waals surface area contributed by atoms with Gasteiger partial charge in [-0.3, -0.25) is 9.78 Å². The average molecular weight is 440 g/mol. The van der Waals surface area contributed by atoms with E-state index in [9.17, 15) is 9.59 Å². The highest BCUT2D eigenvalue weighted by atomic mass is 32.2. The molecule has 1 heterocycles. The number of carbonyl (C=O) groups excluding carboxylic acids is 2. The standard InChI is InChI=1S/C21H33N3O3S2/c1-20(2,3)27-19(26)24-12-6-8-21(9-10-21)18(25)23-13-14-29-15-16-17(28-4)7-5-11-22-16/h5,7,11H,6,8-10,12-15H2,1-4H3,(H,23,25)(H,24,26). The lowest BCUT2D eigenvalue weighted by atomic mass is 9.99. The molecule has 1 aliphatic rings. The summed E-state index contributed by atoms with van der Waals surface area (Å²) in [7, 11) is 0. The van der Waals surface area contributed by atoms with E-state index in [1.165, 1.54) is 4.90 Å². The van der Waals surface area contributed by atoms with E-state index in [4.69, 9.17) is 4.74 Å². The zero-order valence-corrected chi connectivity index (χ0v) is 19.5. The van der Waals surface area contributed by atoms with Crippen LogP contribution in [-0.2, 0) is 15.3 Å². The fraction of sp³-hybridized carbons (Fsp3) is 0.667.